The van der Waals surface area contributed by atoms with Crippen LogP contribution in [0.3, 0.4) is 0 Å². The molecule has 3 aliphatic carbocycles. The van der Waals surface area contributed by atoms with E-state index >= 15 is 4.39 Å². The van der Waals surface area contributed by atoms with E-state index in [1.165, 1.54) is 32.6 Å². The van der Waals surface area contributed by atoms with Gasteiger partial charge in [0.15, 0.2) is 0 Å². The Morgan fingerprint density at radius 3 is 2.34 bits per heavy atom. The van der Waals surface area contributed by atoms with Crippen molar-refractivity contribution in [3.05, 3.63) is 59.2 Å². The lowest BCUT2D eigenvalue weighted by Crippen LogP contribution is -2.51. The van der Waals surface area contributed by atoms with Gasteiger partial charge in [-0.15, -0.1) is 0 Å². The molecule has 0 heterocycles. The number of unbranched alkanes of at least 4 members (excludes halogenated alkanes) is 7. The van der Waals surface area contributed by atoms with Crippen molar-refractivity contribution in [2.24, 2.45) is 23.2 Å². The van der Waals surface area contributed by atoms with Crippen LogP contribution in [-0.2, 0) is 11.2 Å². The SMILES string of the molecule is CCCCCCCCN(CCCCC[C@@H]1Cc2cc(O)ccc2[C@@H]2[C@@H]1[C@@H]1CC[C@H](O)[C@@]1(C)C[C@@H]2F)C(=O)c1ccc(NC(C)=O)cc1. The summed E-state index contributed by atoms with van der Waals surface area (Å²) in [5, 5.41) is 24.0. The summed E-state index contributed by atoms with van der Waals surface area (Å²) in [6, 6.07) is 12.7. The third-order valence-electron chi connectivity index (χ3n) is 11.8. The Morgan fingerprint density at radius 1 is 0.957 bits per heavy atom. The van der Waals surface area contributed by atoms with Gasteiger partial charge in [-0.25, -0.2) is 4.39 Å². The number of phenols is 1. The van der Waals surface area contributed by atoms with E-state index < -0.39 is 12.3 Å². The fraction of sp³-hybridized carbons (Fsp3) is 0.650. The van der Waals surface area contributed by atoms with E-state index in [4.69, 9.17) is 0 Å². The number of phenolic OH excluding ortho intramolecular Hbond substituents is 1. The molecule has 7 atom stereocenters. The number of carbonyl (C=O) groups is 2. The first-order valence-corrected chi connectivity index (χ1v) is 18.4. The van der Waals surface area contributed by atoms with E-state index in [1.54, 1.807) is 30.3 Å². The molecule has 0 saturated heterocycles. The molecule has 0 aromatic heterocycles. The first-order valence-electron chi connectivity index (χ1n) is 18.4. The molecule has 2 saturated carbocycles. The number of carbonyl (C=O) groups excluding carboxylic acids is 2. The van der Waals surface area contributed by atoms with Crippen LogP contribution in [0, 0.1) is 23.2 Å². The number of fused-ring (bicyclic) bond motifs is 5. The summed E-state index contributed by atoms with van der Waals surface area (Å²) in [6.45, 7) is 7.25. The Hall–Kier alpha value is -2.93. The summed E-state index contributed by atoms with van der Waals surface area (Å²) in [6.07, 6.45) is 12.5. The van der Waals surface area contributed by atoms with Crippen LogP contribution in [0.4, 0.5) is 10.1 Å². The molecular weight excluding hydrogens is 591 g/mol. The number of benzene rings is 2. The number of nitrogens with zero attached hydrogens (tertiary/aromatic N) is 1. The Balaban J connectivity index is 1.22. The number of halogens is 1. The van der Waals surface area contributed by atoms with E-state index in [9.17, 15) is 19.8 Å². The van der Waals surface area contributed by atoms with Gasteiger partial charge in [0.1, 0.15) is 11.9 Å². The second kappa shape index (κ2) is 16.0. The monoisotopic (exact) mass is 648 g/mol. The highest BCUT2D eigenvalue weighted by molar-refractivity contribution is 5.95. The number of anilines is 1. The number of alkyl halides is 1. The molecule has 6 nitrogen and oxygen atoms in total. The van der Waals surface area contributed by atoms with E-state index in [2.05, 4.69) is 19.2 Å². The quantitative estimate of drug-likeness (QED) is 0.168. The molecule has 47 heavy (non-hydrogen) atoms. The van der Waals surface area contributed by atoms with E-state index in [0.29, 0.717) is 36.1 Å². The highest BCUT2D eigenvalue weighted by Crippen LogP contribution is 2.63. The van der Waals surface area contributed by atoms with Crippen LogP contribution < -0.4 is 5.32 Å². The lowest BCUT2D eigenvalue weighted by Gasteiger charge is -2.54. The number of aromatic hydroxyl groups is 1. The second-order valence-electron chi connectivity index (χ2n) is 15.0. The Bertz CT molecular complexity index is 1350. The highest BCUT2D eigenvalue weighted by atomic mass is 19.1. The molecule has 7 heteroatoms. The van der Waals surface area contributed by atoms with Crippen molar-refractivity contribution in [2.45, 2.75) is 129 Å². The lowest BCUT2D eigenvalue weighted by molar-refractivity contribution is -0.114. The van der Waals surface area contributed by atoms with E-state index in [1.807, 2.05) is 17.0 Å². The molecule has 2 amide bonds. The number of hydrogen-bond acceptors (Lipinski definition) is 4. The summed E-state index contributed by atoms with van der Waals surface area (Å²) in [5.41, 5.74) is 3.10. The molecule has 3 aliphatic rings. The van der Waals surface area contributed by atoms with E-state index in [-0.39, 0.29) is 34.8 Å². The number of hydrogen-bond donors (Lipinski definition) is 3. The third-order valence-corrected chi connectivity index (χ3v) is 11.8. The average molecular weight is 649 g/mol. The van der Waals surface area contributed by atoms with Gasteiger partial charge in [-0.3, -0.25) is 9.59 Å². The van der Waals surface area contributed by atoms with Crippen LogP contribution in [0.1, 0.15) is 132 Å². The van der Waals surface area contributed by atoms with Gasteiger partial charge in [0.05, 0.1) is 6.10 Å². The number of rotatable bonds is 15. The van der Waals surface area contributed by atoms with Gasteiger partial charge in [0, 0.05) is 37.2 Å². The molecule has 2 aromatic carbocycles. The number of nitrogens with one attached hydrogen (secondary N) is 1. The summed E-state index contributed by atoms with van der Waals surface area (Å²) in [7, 11) is 0. The van der Waals surface area contributed by atoms with Gasteiger partial charge in [0.25, 0.3) is 5.91 Å². The molecule has 2 aromatic rings. The molecule has 0 spiro atoms. The standard InChI is InChI=1S/C40H57FN2O4/c1-4-5-6-7-8-11-22-43(39(47)28-14-16-31(17-15-28)42-27(2)44)23-12-9-10-13-29-24-30-25-32(45)18-19-33(30)38-35(41)26-40(3)34(37(29)38)20-21-36(40)46/h14-19,25,29,34-38,45-46H,4-13,20-24,26H2,1-3H3,(H,42,44)/t29-,34+,35+,36+,37+,38+,40+/m1/s1. The zero-order valence-electron chi connectivity index (χ0n) is 28.9. The fourth-order valence-corrected chi connectivity index (χ4v) is 9.40. The van der Waals surface area contributed by atoms with Gasteiger partial charge < -0.3 is 20.4 Å². The maximum Gasteiger partial charge on any atom is 0.253 e. The van der Waals surface area contributed by atoms with Gasteiger partial charge in [-0.2, -0.15) is 0 Å². The summed E-state index contributed by atoms with van der Waals surface area (Å²) in [4.78, 5) is 27.0. The smallest absolute Gasteiger partial charge is 0.253 e. The molecule has 5 rings (SSSR count). The van der Waals surface area contributed by atoms with Crippen LogP contribution in [0.5, 0.6) is 5.75 Å². The zero-order chi connectivity index (χ0) is 33.6. The second-order valence-corrected chi connectivity index (χ2v) is 15.0. The summed E-state index contributed by atoms with van der Waals surface area (Å²) in [5.74, 6) is 0.791. The minimum Gasteiger partial charge on any atom is -0.508 e. The maximum atomic E-state index is 16.1. The normalized spacial score (nSPS) is 27.9. The number of aliphatic hydroxyl groups is 1. The molecule has 258 valence electrons. The maximum absolute atomic E-state index is 16.1. The van der Waals surface area contributed by atoms with Gasteiger partial charge in [-0.05, 0) is 116 Å². The van der Waals surface area contributed by atoms with Gasteiger partial charge in [-0.1, -0.05) is 64.9 Å². The molecule has 0 unspecified atom stereocenters. The molecule has 0 radical (unpaired) electrons. The number of aliphatic hydroxyl groups excluding tert-OH is 1. The van der Waals surface area contributed by atoms with Gasteiger partial charge in [0.2, 0.25) is 5.91 Å². The predicted octanol–water partition coefficient (Wildman–Crippen LogP) is 8.81. The highest BCUT2D eigenvalue weighted by Gasteiger charge is 2.59. The Morgan fingerprint density at radius 2 is 1.64 bits per heavy atom. The van der Waals surface area contributed by atoms with Crippen molar-refractivity contribution in [1.29, 1.82) is 0 Å². The Labute approximate surface area is 281 Å². The van der Waals surface area contributed by atoms with Crippen molar-refractivity contribution in [1.82, 2.24) is 4.90 Å². The third kappa shape index (κ3) is 8.21. The van der Waals surface area contributed by atoms with Crippen molar-refractivity contribution < 1.29 is 24.2 Å². The van der Waals surface area contributed by atoms with Crippen LogP contribution in [0.15, 0.2) is 42.5 Å². The topological polar surface area (TPSA) is 89.9 Å². The van der Waals surface area contributed by atoms with Crippen LogP contribution in [-0.4, -0.2) is 52.3 Å². The van der Waals surface area contributed by atoms with E-state index in [0.717, 1.165) is 75.5 Å². The minimum atomic E-state index is -0.992. The van der Waals surface area contributed by atoms with Crippen molar-refractivity contribution in [2.75, 3.05) is 18.4 Å². The first kappa shape index (κ1) is 35.4. The molecule has 0 bridgehead atoms. The van der Waals surface area contributed by atoms with Gasteiger partial charge >= 0.3 is 0 Å². The molecule has 0 aliphatic heterocycles. The summed E-state index contributed by atoms with van der Waals surface area (Å²) < 4.78 is 16.1. The fourth-order valence-electron chi connectivity index (χ4n) is 9.40. The average Bonchev–Trinajstić information content (AvgIpc) is 3.33. The van der Waals surface area contributed by atoms with Crippen molar-refractivity contribution in [3.8, 4) is 5.75 Å². The summed E-state index contributed by atoms with van der Waals surface area (Å²) >= 11 is 0. The zero-order valence-corrected chi connectivity index (χ0v) is 28.9. The van der Waals surface area contributed by atoms with Crippen molar-refractivity contribution in [3.63, 3.8) is 0 Å². The van der Waals surface area contributed by atoms with Crippen LogP contribution in [0.25, 0.3) is 0 Å². The predicted molar refractivity (Wildman–Crippen MR) is 186 cm³/mol. The lowest BCUT2D eigenvalue weighted by atomic mass is 9.51. The van der Waals surface area contributed by atoms with Crippen LogP contribution in [0.2, 0.25) is 0 Å². The van der Waals surface area contributed by atoms with Crippen molar-refractivity contribution >= 4 is 17.5 Å². The largest absolute Gasteiger partial charge is 0.508 e. The minimum absolute atomic E-state index is 0.0368. The molecule has 3 N–H and O–H groups in total. The Kier molecular flexibility index (Phi) is 12.0. The molecule has 2 fully saturated rings. The number of amides is 2. The van der Waals surface area contributed by atoms with Crippen LogP contribution >= 0.6 is 0 Å². The molecular formula is C40H57FN2O4. The first-order chi connectivity index (χ1) is 22.6.